The highest BCUT2D eigenvalue weighted by Gasteiger charge is 2.21. The molecule has 0 aliphatic carbocycles. The molecule has 3 aromatic rings. The lowest BCUT2D eigenvalue weighted by Gasteiger charge is -2.23. The van der Waals surface area contributed by atoms with Crippen molar-refractivity contribution in [1.29, 1.82) is 0 Å². The summed E-state index contributed by atoms with van der Waals surface area (Å²) in [5.41, 5.74) is 4.06. The van der Waals surface area contributed by atoms with Crippen molar-refractivity contribution in [3.05, 3.63) is 42.4 Å². The Balaban J connectivity index is 1.67. The predicted molar refractivity (Wildman–Crippen MR) is 85.5 cm³/mol. The molecule has 0 atom stereocenters. The SMILES string of the molecule is c1cnc(C2CCNCC2)c(-c2ccc(-c3nn[nH]n3)cc2)n1. The maximum atomic E-state index is 4.62. The van der Waals surface area contributed by atoms with Gasteiger partial charge in [-0.3, -0.25) is 9.97 Å². The second-order valence-corrected chi connectivity index (χ2v) is 5.63. The summed E-state index contributed by atoms with van der Waals surface area (Å²) in [5, 5.41) is 17.4. The molecular weight excluding hydrogens is 290 g/mol. The highest BCUT2D eigenvalue weighted by atomic mass is 15.5. The van der Waals surface area contributed by atoms with E-state index in [1.165, 1.54) is 0 Å². The summed E-state index contributed by atoms with van der Waals surface area (Å²) in [6.45, 7) is 2.08. The van der Waals surface area contributed by atoms with Gasteiger partial charge in [-0.05, 0) is 31.1 Å². The van der Waals surface area contributed by atoms with E-state index in [2.05, 4.69) is 35.9 Å². The minimum atomic E-state index is 0.469. The van der Waals surface area contributed by atoms with Crippen LogP contribution in [0.15, 0.2) is 36.7 Å². The van der Waals surface area contributed by atoms with Gasteiger partial charge in [0.05, 0.1) is 11.4 Å². The number of benzene rings is 1. The molecule has 1 aliphatic heterocycles. The van der Waals surface area contributed by atoms with Crippen LogP contribution in [-0.2, 0) is 0 Å². The monoisotopic (exact) mass is 307 g/mol. The second-order valence-electron chi connectivity index (χ2n) is 5.63. The Hall–Kier alpha value is -2.67. The molecule has 7 heteroatoms. The molecule has 0 saturated carbocycles. The van der Waals surface area contributed by atoms with Crippen LogP contribution in [0.5, 0.6) is 0 Å². The van der Waals surface area contributed by atoms with Gasteiger partial charge in [-0.25, -0.2) is 0 Å². The van der Waals surface area contributed by atoms with Crippen molar-refractivity contribution in [1.82, 2.24) is 35.9 Å². The first-order valence-electron chi connectivity index (χ1n) is 7.78. The van der Waals surface area contributed by atoms with Gasteiger partial charge in [0.15, 0.2) is 0 Å². The summed E-state index contributed by atoms with van der Waals surface area (Å²) < 4.78 is 0. The van der Waals surface area contributed by atoms with Gasteiger partial charge >= 0.3 is 0 Å². The Morgan fingerprint density at radius 1 is 0.913 bits per heavy atom. The normalized spacial score (nSPS) is 15.7. The summed E-state index contributed by atoms with van der Waals surface area (Å²) in [6, 6.07) is 8.06. The number of aromatic amines is 1. The summed E-state index contributed by atoms with van der Waals surface area (Å²) in [6.07, 6.45) is 5.75. The Bertz CT molecular complexity index is 761. The number of nitrogens with zero attached hydrogens (tertiary/aromatic N) is 5. The van der Waals surface area contributed by atoms with Crippen LogP contribution in [-0.4, -0.2) is 43.7 Å². The number of tetrazole rings is 1. The number of aromatic nitrogens is 6. The molecule has 1 fully saturated rings. The number of hydrogen-bond acceptors (Lipinski definition) is 6. The van der Waals surface area contributed by atoms with Crippen LogP contribution < -0.4 is 5.32 Å². The Labute approximate surface area is 133 Å². The topological polar surface area (TPSA) is 92.3 Å². The van der Waals surface area contributed by atoms with Gasteiger partial charge in [0.25, 0.3) is 0 Å². The number of H-pyrrole nitrogens is 1. The minimum absolute atomic E-state index is 0.469. The summed E-state index contributed by atoms with van der Waals surface area (Å²) in [5.74, 6) is 1.06. The van der Waals surface area contributed by atoms with Crippen molar-refractivity contribution < 1.29 is 0 Å². The molecule has 0 unspecified atom stereocenters. The third kappa shape index (κ3) is 2.83. The summed E-state index contributed by atoms with van der Waals surface area (Å²) in [4.78, 5) is 9.20. The van der Waals surface area contributed by atoms with E-state index in [9.17, 15) is 0 Å². The van der Waals surface area contributed by atoms with E-state index in [-0.39, 0.29) is 0 Å². The molecule has 1 saturated heterocycles. The van der Waals surface area contributed by atoms with Gasteiger partial charge < -0.3 is 5.32 Å². The van der Waals surface area contributed by atoms with Crippen molar-refractivity contribution >= 4 is 0 Å². The van der Waals surface area contributed by atoms with Gasteiger partial charge in [-0.1, -0.05) is 24.3 Å². The molecule has 116 valence electrons. The molecule has 0 bridgehead atoms. The number of hydrogen-bond donors (Lipinski definition) is 2. The lowest BCUT2D eigenvalue weighted by Crippen LogP contribution is -2.27. The van der Waals surface area contributed by atoms with Gasteiger partial charge in [-0.2, -0.15) is 5.21 Å². The van der Waals surface area contributed by atoms with Crippen LogP contribution in [0.2, 0.25) is 0 Å². The summed E-state index contributed by atoms with van der Waals surface area (Å²) in [7, 11) is 0. The lowest BCUT2D eigenvalue weighted by atomic mass is 9.91. The van der Waals surface area contributed by atoms with Crippen molar-refractivity contribution in [2.75, 3.05) is 13.1 Å². The zero-order valence-corrected chi connectivity index (χ0v) is 12.6. The van der Waals surface area contributed by atoms with Gasteiger partial charge in [0.1, 0.15) is 0 Å². The summed E-state index contributed by atoms with van der Waals surface area (Å²) >= 11 is 0. The van der Waals surface area contributed by atoms with Crippen LogP contribution in [0, 0.1) is 0 Å². The molecule has 3 heterocycles. The molecule has 23 heavy (non-hydrogen) atoms. The first-order valence-corrected chi connectivity index (χ1v) is 7.78. The maximum absolute atomic E-state index is 4.62. The smallest absolute Gasteiger partial charge is 0.204 e. The zero-order valence-electron chi connectivity index (χ0n) is 12.6. The van der Waals surface area contributed by atoms with Crippen molar-refractivity contribution in [3.8, 4) is 22.6 Å². The second kappa shape index (κ2) is 6.21. The molecule has 4 rings (SSSR count). The molecule has 0 radical (unpaired) electrons. The minimum Gasteiger partial charge on any atom is -0.317 e. The van der Waals surface area contributed by atoms with E-state index in [1.54, 1.807) is 12.4 Å². The average molecular weight is 307 g/mol. The van der Waals surface area contributed by atoms with Crippen molar-refractivity contribution in [2.45, 2.75) is 18.8 Å². The largest absolute Gasteiger partial charge is 0.317 e. The molecule has 2 aromatic heterocycles. The van der Waals surface area contributed by atoms with Gasteiger partial charge in [0, 0.05) is 29.4 Å². The highest BCUT2D eigenvalue weighted by molar-refractivity contribution is 5.66. The lowest BCUT2D eigenvalue weighted by molar-refractivity contribution is 0.453. The van der Waals surface area contributed by atoms with E-state index >= 15 is 0 Å². The number of rotatable bonds is 3. The fourth-order valence-electron chi connectivity index (χ4n) is 3.03. The third-order valence-corrected chi connectivity index (χ3v) is 4.21. The van der Waals surface area contributed by atoms with E-state index in [4.69, 9.17) is 0 Å². The molecule has 0 spiro atoms. The van der Waals surface area contributed by atoms with E-state index < -0.39 is 0 Å². The first-order chi connectivity index (χ1) is 11.4. The van der Waals surface area contributed by atoms with E-state index in [1.807, 2.05) is 24.3 Å². The number of piperidine rings is 1. The standard InChI is InChI=1S/C16H17N7/c1-3-13(16-20-22-23-21-16)4-2-11(1)14-15(19-10-9-18-14)12-5-7-17-8-6-12/h1-4,9-10,12,17H,5-8H2,(H,20,21,22,23). The van der Waals surface area contributed by atoms with Crippen LogP contribution in [0.3, 0.4) is 0 Å². The van der Waals surface area contributed by atoms with Gasteiger partial charge in [0.2, 0.25) is 5.82 Å². The average Bonchev–Trinajstić information content (AvgIpc) is 3.17. The van der Waals surface area contributed by atoms with Crippen LogP contribution in [0.25, 0.3) is 22.6 Å². The molecule has 2 N–H and O–H groups in total. The van der Waals surface area contributed by atoms with Crippen LogP contribution >= 0.6 is 0 Å². The predicted octanol–water partition coefficient (Wildman–Crippen LogP) is 1.79. The molecule has 7 nitrogen and oxygen atoms in total. The van der Waals surface area contributed by atoms with Crippen LogP contribution in [0.4, 0.5) is 0 Å². The molecule has 1 aliphatic rings. The quantitative estimate of drug-likeness (QED) is 0.766. The molecule has 0 amide bonds. The third-order valence-electron chi connectivity index (χ3n) is 4.21. The van der Waals surface area contributed by atoms with Gasteiger partial charge in [-0.15, -0.1) is 10.2 Å². The first kappa shape index (κ1) is 14.0. The van der Waals surface area contributed by atoms with Crippen molar-refractivity contribution in [3.63, 3.8) is 0 Å². The fraction of sp³-hybridized carbons (Fsp3) is 0.312. The Morgan fingerprint density at radius 3 is 2.39 bits per heavy atom. The Morgan fingerprint density at radius 2 is 1.65 bits per heavy atom. The van der Waals surface area contributed by atoms with E-state index in [0.29, 0.717) is 11.7 Å². The Kier molecular flexibility index (Phi) is 3.77. The maximum Gasteiger partial charge on any atom is 0.204 e. The zero-order chi connectivity index (χ0) is 15.5. The van der Waals surface area contributed by atoms with Crippen molar-refractivity contribution in [2.24, 2.45) is 0 Å². The molecular formula is C16H17N7. The fourth-order valence-corrected chi connectivity index (χ4v) is 3.03. The highest BCUT2D eigenvalue weighted by Crippen LogP contribution is 2.31. The number of nitrogens with one attached hydrogen (secondary N) is 2. The van der Waals surface area contributed by atoms with Crippen LogP contribution in [0.1, 0.15) is 24.5 Å². The van der Waals surface area contributed by atoms with E-state index in [0.717, 1.165) is 48.4 Å². The molecule has 1 aromatic carbocycles.